The maximum Gasteiger partial charge on any atom is 0.0543 e. The number of hydrogen-bond donors (Lipinski definition) is 0. The number of nitrogens with zero attached hydrogens (tertiary/aromatic N) is 2. The van der Waals surface area contributed by atoms with E-state index in [1.54, 1.807) is 0 Å². The molecular weight excluding hydrogens is 737 g/mol. The van der Waals surface area contributed by atoms with Gasteiger partial charge in [-0.05, 0) is 129 Å². The summed E-state index contributed by atoms with van der Waals surface area (Å²) in [6.45, 7) is 4.48. The molecule has 1 aliphatic rings. The van der Waals surface area contributed by atoms with Crippen molar-refractivity contribution in [3.8, 4) is 0 Å². The number of benzene rings is 9. The van der Waals surface area contributed by atoms with Crippen molar-refractivity contribution in [2.24, 2.45) is 0 Å². The van der Waals surface area contributed by atoms with Gasteiger partial charge in [0.2, 0.25) is 0 Å². The van der Waals surface area contributed by atoms with Crippen molar-refractivity contribution in [3.63, 3.8) is 0 Å². The van der Waals surface area contributed by atoms with E-state index in [1.165, 1.54) is 93.8 Å². The van der Waals surface area contributed by atoms with E-state index in [0.29, 0.717) is 0 Å². The Balaban J connectivity index is 0.963. The van der Waals surface area contributed by atoms with Gasteiger partial charge < -0.3 is 9.80 Å². The van der Waals surface area contributed by atoms with Crippen LogP contribution < -0.4 is 9.80 Å². The zero-order valence-corrected chi connectivity index (χ0v) is 34.8. The summed E-state index contributed by atoms with van der Waals surface area (Å²) < 4.78 is 0. The fraction of sp³-hybridized carbons (Fsp3) is 0.0847. The van der Waals surface area contributed by atoms with Crippen LogP contribution in [0.4, 0.5) is 22.7 Å². The Bertz CT molecular complexity index is 3170. The average Bonchev–Trinajstić information content (AvgIpc) is 3.33. The van der Waals surface area contributed by atoms with Crippen molar-refractivity contribution in [2.75, 3.05) is 9.80 Å². The largest absolute Gasteiger partial charge is 0.314 e. The van der Waals surface area contributed by atoms with E-state index in [1.807, 2.05) is 0 Å². The van der Waals surface area contributed by atoms with Crippen LogP contribution in [0.3, 0.4) is 0 Å². The Hall–Kier alpha value is -7.42. The van der Waals surface area contributed by atoms with Crippen molar-refractivity contribution < 1.29 is 0 Å². The molecule has 0 unspecified atom stereocenters. The first-order valence-corrected chi connectivity index (χ1v) is 21.5. The van der Waals surface area contributed by atoms with Gasteiger partial charge in [0.1, 0.15) is 0 Å². The van der Waals surface area contributed by atoms with Crippen molar-refractivity contribution >= 4 is 77.0 Å². The summed E-state index contributed by atoms with van der Waals surface area (Å²) in [5.41, 5.74) is 12.4. The molecule has 0 fully saturated rings. The molecular formula is C59H48N2. The molecule has 0 bridgehead atoms. The number of anilines is 4. The first-order valence-electron chi connectivity index (χ1n) is 21.5. The summed E-state index contributed by atoms with van der Waals surface area (Å²) in [5.74, 6) is 0. The first-order chi connectivity index (χ1) is 30.1. The predicted octanol–water partition coefficient (Wildman–Crippen LogP) is 16.7. The molecule has 1 aliphatic carbocycles. The summed E-state index contributed by atoms with van der Waals surface area (Å²) in [6.07, 6.45) is 12.1. The highest BCUT2D eigenvalue weighted by Crippen LogP contribution is 2.43. The molecule has 294 valence electrons. The monoisotopic (exact) mass is 784 g/mol. The third kappa shape index (κ3) is 7.32. The van der Waals surface area contributed by atoms with Crippen LogP contribution in [-0.2, 0) is 0 Å². The van der Waals surface area contributed by atoms with Crippen LogP contribution >= 0.6 is 0 Å². The van der Waals surface area contributed by atoms with Gasteiger partial charge in [-0.15, -0.1) is 0 Å². The molecule has 10 rings (SSSR count). The molecule has 0 aliphatic heterocycles. The number of rotatable bonds is 10. The number of hydrogen-bond acceptors (Lipinski definition) is 2. The van der Waals surface area contributed by atoms with Crippen LogP contribution in [0.15, 0.2) is 230 Å². The molecule has 0 radical (unpaired) electrons. The zero-order chi connectivity index (χ0) is 41.1. The summed E-state index contributed by atoms with van der Waals surface area (Å²) in [6, 6.07) is 70.6. The Labute approximate surface area is 359 Å². The minimum atomic E-state index is 0.876. The fourth-order valence-corrected chi connectivity index (χ4v) is 9.18. The van der Waals surface area contributed by atoms with E-state index in [9.17, 15) is 0 Å². The zero-order valence-electron chi connectivity index (χ0n) is 34.8. The molecule has 0 amide bonds. The second-order valence-corrected chi connectivity index (χ2v) is 16.0. The molecule has 0 atom stereocenters. The van der Waals surface area contributed by atoms with E-state index >= 15 is 0 Å². The third-order valence-corrected chi connectivity index (χ3v) is 12.3. The van der Waals surface area contributed by atoms with E-state index in [4.69, 9.17) is 0 Å². The maximum atomic E-state index is 2.47. The van der Waals surface area contributed by atoms with Crippen LogP contribution in [0.5, 0.6) is 0 Å². The lowest BCUT2D eigenvalue weighted by Gasteiger charge is -2.31. The number of para-hydroxylation sites is 2. The Morgan fingerprint density at radius 1 is 0.475 bits per heavy atom. The Morgan fingerprint density at radius 3 is 1.56 bits per heavy atom. The van der Waals surface area contributed by atoms with E-state index in [0.717, 1.165) is 24.9 Å². The van der Waals surface area contributed by atoms with Crippen LogP contribution in [0.25, 0.3) is 54.2 Å². The highest BCUT2D eigenvalue weighted by atomic mass is 15.2. The molecule has 0 saturated heterocycles. The van der Waals surface area contributed by atoms with Gasteiger partial charge in [0.25, 0.3) is 0 Å². The molecule has 61 heavy (non-hydrogen) atoms. The second-order valence-electron chi connectivity index (χ2n) is 16.0. The maximum absolute atomic E-state index is 2.47. The lowest BCUT2D eigenvalue weighted by molar-refractivity contribution is 0.932. The smallest absolute Gasteiger partial charge is 0.0543 e. The minimum absolute atomic E-state index is 0.876. The predicted molar refractivity (Wildman–Crippen MR) is 264 cm³/mol. The van der Waals surface area contributed by atoms with Crippen LogP contribution in [-0.4, -0.2) is 0 Å². The van der Waals surface area contributed by atoms with Gasteiger partial charge in [-0.3, -0.25) is 0 Å². The van der Waals surface area contributed by atoms with Gasteiger partial charge in [-0.25, -0.2) is 0 Å². The number of allylic oxidation sites excluding steroid dienone is 8. The highest BCUT2D eigenvalue weighted by Gasteiger charge is 2.22. The lowest BCUT2D eigenvalue weighted by atomic mass is 9.93. The molecule has 9 aromatic rings. The van der Waals surface area contributed by atoms with Gasteiger partial charge in [0, 0.05) is 33.5 Å². The third-order valence-electron chi connectivity index (χ3n) is 12.3. The molecule has 2 heteroatoms. The van der Waals surface area contributed by atoms with Gasteiger partial charge >= 0.3 is 0 Å². The number of fused-ring (bicyclic) bond motifs is 6. The topological polar surface area (TPSA) is 6.48 Å². The first kappa shape index (κ1) is 37.8. The van der Waals surface area contributed by atoms with Crippen LogP contribution in [0.1, 0.15) is 44.2 Å². The van der Waals surface area contributed by atoms with Gasteiger partial charge in [0.15, 0.2) is 0 Å². The summed E-state index contributed by atoms with van der Waals surface area (Å²) in [5, 5.41) is 10.1. The van der Waals surface area contributed by atoms with Gasteiger partial charge in [-0.2, -0.15) is 0 Å². The fourth-order valence-electron chi connectivity index (χ4n) is 9.18. The van der Waals surface area contributed by atoms with Crippen LogP contribution in [0, 0.1) is 0 Å². The van der Waals surface area contributed by atoms with Crippen molar-refractivity contribution in [3.05, 3.63) is 241 Å². The van der Waals surface area contributed by atoms with Crippen molar-refractivity contribution in [1.82, 2.24) is 0 Å². The SMILES string of the molecule is CC/C(=C\C=C(/C)c1ccc(C2=CC=C(N(c3ccccc3)c3cc4ccccc4c4ccccc34)CC2)cc1)N(c1ccccc1)c1cc2ccccc2c2ccccc12. The summed E-state index contributed by atoms with van der Waals surface area (Å²) in [7, 11) is 0. The van der Waals surface area contributed by atoms with E-state index < -0.39 is 0 Å². The quantitative estimate of drug-likeness (QED) is 0.101. The summed E-state index contributed by atoms with van der Waals surface area (Å²) in [4.78, 5) is 4.92. The van der Waals surface area contributed by atoms with Crippen LogP contribution in [0.2, 0.25) is 0 Å². The highest BCUT2D eigenvalue weighted by molar-refractivity contribution is 6.15. The average molecular weight is 785 g/mol. The van der Waals surface area contributed by atoms with E-state index in [-0.39, 0.29) is 0 Å². The van der Waals surface area contributed by atoms with Crippen molar-refractivity contribution in [2.45, 2.75) is 33.1 Å². The molecule has 0 N–H and O–H groups in total. The van der Waals surface area contributed by atoms with Crippen molar-refractivity contribution in [1.29, 1.82) is 0 Å². The Kier molecular flexibility index (Phi) is 10.3. The minimum Gasteiger partial charge on any atom is -0.314 e. The van der Waals surface area contributed by atoms with E-state index in [2.05, 4.69) is 242 Å². The summed E-state index contributed by atoms with van der Waals surface area (Å²) >= 11 is 0. The second kappa shape index (κ2) is 16.7. The molecule has 0 spiro atoms. The standard InChI is InChI=1S/C59H48N2/c1-3-48(60(49-20-6-4-7-21-49)58-40-46-18-10-12-24-52(46)54-26-14-16-28-56(54)58)37-30-42(2)43-31-33-44(34-32-43)45-35-38-51(39-36-45)61(50-22-8-5-9-23-50)59-41-47-19-11-13-25-53(47)55-27-15-17-29-57(55)59/h4-35,37-38,40-41H,3,36,39H2,1-2H3/b42-30+,48-37+. The molecule has 0 saturated carbocycles. The Morgan fingerprint density at radius 2 is 0.984 bits per heavy atom. The van der Waals surface area contributed by atoms with Gasteiger partial charge in [0.05, 0.1) is 11.4 Å². The molecule has 9 aromatic carbocycles. The van der Waals surface area contributed by atoms with Gasteiger partial charge in [-0.1, -0.05) is 177 Å². The lowest BCUT2D eigenvalue weighted by Crippen LogP contribution is -2.18. The normalized spacial score (nSPS) is 13.4. The molecule has 0 aromatic heterocycles. The molecule has 0 heterocycles. The molecule has 2 nitrogen and oxygen atoms in total.